The number of aromatic nitrogens is 2. The fraction of sp³-hybridized carbons (Fsp3) is 0.333. The highest BCUT2D eigenvalue weighted by Gasteiger charge is 2.23. The van der Waals surface area contributed by atoms with E-state index in [0.717, 1.165) is 23.7 Å². The Bertz CT molecular complexity index is 619. The third kappa shape index (κ3) is 3.22. The van der Waals surface area contributed by atoms with E-state index in [2.05, 4.69) is 29.4 Å². The molecule has 0 radical (unpaired) electrons. The number of thioether (sulfide) groups is 1. The summed E-state index contributed by atoms with van der Waals surface area (Å²) in [4.78, 5) is 16.1. The third-order valence-corrected chi connectivity index (χ3v) is 4.13. The summed E-state index contributed by atoms with van der Waals surface area (Å²) in [6.45, 7) is 2.07. The van der Waals surface area contributed by atoms with Gasteiger partial charge in [0.25, 0.3) is 0 Å². The van der Waals surface area contributed by atoms with Gasteiger partial charge in [-0.1, -0.05) is 23.9 Å². The maximum absolute atomic E-state index is 11.7. The van der Waals surface area contributed by atoms with E-state index in [9.17, 15) is 4.79 Å². The number of hydrogen-bond donors (Lipinski definition) is 1. The van der Waals surface area contributed by atoms with Crippen molar-refractivity contribution >= 4 is 17.7 Å². The Morgan fingerprint density at radius 2 is 2.35 bits per heavy atom. The number of hydrogen-bond acceptors (Lipinski definition) is 3. The van der Waals surface area contributed by atoms with Crippen molar-refractivity contribution in [3.63, 3.8) is 0 Å². The van der Waals surface area contributed by atoms with Crippen molar-refractivity contribution in [2.45, 2.75) is 31.0 Å². The fourth-order valence-corrected chi connectivity index (χ4v) is 2.78. The molecule has 1 heterocycles. The quantitative estimate of drug-likeness (QED) is 0.860. The Morgan fingerprint density at radius 1 is 1.50 bits per heavy atom. The Balaban J connectivity index is 1.68. The molecule has 3 rings (SSSR count). The lowest BCUT2D eigenvalue weighted by molar-refractivity contribution is -0.118. The summed E-state index contributed by atoms with van der Waals surface area (Å²) in [7, 11) is 0. The Kier molecular flexibility index (Phi) is 3.78. The Hall–Kier alpha value is -1.75. The second-order valence-corrected chi connectivity index (χ2v) is 5.99. The highest BCUT2D eigenvalue weighted by atomic mass is 32.2. The first kappa shape index (κ1) is 13.2. The molecule has 0 atom stereocenters. The van der Waals surface area contributed by atoms with Gasteiger partial charge in [-0.15, -0.1) is 0 Å². The molecular formula is C15H17N3OS. The molecule has 0 spiro atoms. The van der Waals surface area contributed by atoms with Crippen LogP contribution in [0.25, 0.3) is 5.69 Å². The van der Waals surface area contributed by atoms with Crippen molar-refractivity contribution in [1.29, 1.82) is 0 Å². The Labute approximate surface area is 122 Å². The zero-order valence-corrected chi connectivity index (χ0v) is 12.2. The van der Waals surface area contributed by atoms with E-state index in [-0.39, 0.29) is 5.91 Å². The number of aryl methyl sites for hydroxylation is 1. The summed E-state index contributed by atoms with van der Waals surface area (Å²) >= 11 is 1.47. The molecule has 1 aromatic carbocycles. The largest absolute Gasteiger partial charge is 0.353 e. The van der Waals surface area contributed by atoms with Crippen LogP contribution in [0.2, 0.25) is 0 Å². The van der Waals surface area contributed by atoms with Gasteiger partial charge in [-0.2, -0.15) is 0 Å². The van der Waals surface area contributed by atoms with E-state index >= 15 is 0 Å². The minimum Gasteiger partial charge on any atom is -0.353 e. The van der Waals surface area contributed by atoms with Crippen LogP contribution in [0.5, 0.6) is 0 Å². The number of imidazole rings is 1. The second-order valence-electron chi connectivity index (χ2n) is 5.05. The average Bonchev–Trinajstić information content (AvgIpc) is 3.11. The zero-order chi connectivity index (χ0) is 13.9. The standard InChI is InChI=1S/C15H17N3OS/c1-11-3-2-4-13(9-11)18-8-7-16-15(18)20-10-14(19)17-12-5-6-12/h2-4,7-9,12H,5-6,10H2,1H3,(H,17,19). The molecule has 1 fully saturated rings. The smallest absolute Gasteiger partial charge is 0.230 e. The lowest BCUT2D eigenvalue weighted by Gasteiger charge is -2.08. The fourth-order valence-electron chi connectivity index (χ4n) is 2.00. The molecule has 1 aliphatic carbocycles. The summed E-state index contributed by atoms with van der Waals surface area (Å²) in [6.07, 6.45) is 5.93. The minimum absolute atomic E-state index is 0.0938. The normalized spacial score (nSPS) is 14.2. The first-order chi connectivity index (χ1) is 9.72. The van der Waals surface area contributed by atoms with Crippen LogP contribution >= 0.6 is 11.8 Å². The monoisotopic (exact) mass is 287 g/mol. The van der Waals surface area contributed by atoms with E-state index in [0.29, 0.717) is 11.8 Å². The van der Waals surface area contributed by atoms with E-state index < -0.39 is 0 Å². The number of rotatable bonds is 5. The van der Waals surface area contributed by atoms with Crippen LogP contribution in [-0.2, 0) is 4.79 Å². The molecule has 1 aromatic heterocycles. The van der Waals surface area contributed by atoms with E-state index in [1.807, 2.05) is 22.9 Å². The minimum atomic E-state index is 0.0938. The van der Waals surface area contributed by atoms with Crippen LogP contribution in [-0.4, -0.2) is 27.3 Å². The average molecular weight is 287 g/mol. The zero-order valence-electron chi connectivity index (χ0n) is 11.4. The molecule has 1 amide bonds. The van der Waals surface area contributed by atoms with Crippen LogP contribution in [0, 0.1) is 6.92 Å². The summed E-state index contributed by atoms with van der Waals surface area (Å²) < 4.78 is 2.02. The number of carbonyl (C=O) groups is 1. The van der Waals surface area contributed by atoms with Gasteiger partial charge in [0, 0.05) is 24.1 Å². The predicted octanol–water partition coefficient (Wildman–Crippen LogP) is 2.55. The molecule has 0 saturated heterocycles. The maximum Gasteiger partial charge on any atom is 0.230 e. The van der Waals surface area contributed by atoms with Crippen LogP contribution < -0.4 is 5.32 Å². The van der Waals surface area contributed by atoms with Crippen LogP contribution in [0.3, 0.4) is 0 Å². The van der Waals surface area contributed by atoms with Gasteiger partial charge in [0.2, 0.25) is 5.91 Å². The van der Waals surface area contributed by atoms with Gasteiger partial charge >= 0.3 is 0 Å². The third-order valence-electron chi connectivity index (χ3n) is 3.16. The molecular weight excluding hydrogens is 270 g/mol. The molecule has 20 heavy (non-hydrogen) atoms. The summed E-state index contributed by atoms with van der Waals surface area (Å²) in [5.74, 6) is 0.510. The lowest BCUT2D eigenvalue weighted by atomic mass is 10.2. The first-order valence-electron chi connectivity index (χ1n) is 6.75. The number of benzene rings is 1. The number of nitrogens with zero attached hydrogens (tertiary/aromatic N) is 2. The van der Waals surface area contributed by atoms with E-state index in [4.69, 9.17) is 0 Å². The Morgan fingerprint density at radius 3 is 3.10 bits per heavy atom. The van der Waals surface area contributed by atoms with Gasteiger partial charge in [0.05, 0.1) is 5.75 Å². The van der Waals surface area contributed by atoms with E-state index in [1.54, 1.807) is 6.20 Å². The molecule has 4 nitrogen and oxygen atoms in total. The van der Waals surface area contributed by atoms with Gasteiger partial charge in [0.1, 0.15) is 0 Å². The number of nitrogens with one attached hydrogen (secondary N) is 1. The van der Waals surface area contributed by atoms with Crippen molar-refractivity contribution < 1.29 is 4.79 Å². The van der Waals surface area contributed by atoms with Crippen molar-refractivity contribution in [2.24, 2.45) is 0 Å². The maximum atomic E-state index is 11.7. The first-order valence-corrected chi connectivity index (χ1v) is 7.73. The molecule has 0 bridgehead atoms. The SMILES string of the molecule is Cc1cccc(-n2ccnc2SCC(=O)NC2CC2)c1. The highest BCUT2D eigenvalue weighted by molar-refractivity contribution is 7.99. The van der Waals surface area contributed by atoms with Crippen molar-refractivity contribution in [3.05, 3.63) is 42.2 Å². The summed E-state index contributed by atoms with van der Waals surface area (Å²) in [5, 5.41) is 3.84. The lowest BCUT2D eigenvalue weighted by Crippen LogP contribution is -2.27. The molecule has 1 saturated carbocycles. The van der Waals surface area contributed by atoms with Gasteiger partial charge in [-0.05, 0) is 37.5 Å². The van der Waals surface area contributed by atoms with Crippen LogP contribution in [0.1, 0.15) is 18.4 Å². The molecule has 1 N–H and O–H groups in total. The summed E-state index contributed by atoms with van der Waals surface area (Å²) in [6, 6.07) is 8.66. The molecule has 0 aliphatic heterocycles. The number of amides is 1. The molecule has 0 unspecified atom stereocenters. The molecule has 2 aromatic rings. The summed E-state index contributed by atoms with van der Waals surface area (Å²) in [5.41, 5.74) is 2.28. The van der Waals surface area contributed by atoms with Crippen molar-refractivity contribution in [3.8, 4) is 5.69 Å². The molecule has 104 valence electrons. The van der Waals surface area contributed by atoms with Gasteiger partial charge < -0.3 is 5.32 Å². The molecule has 1 aliphatic rings. The highest BCUT2D eigenvalue weighted by Crippen LogP contribution is 2.22. The predicted molar refractivity (Wildman–Crippen MR) is 80.2 cm³/mol. The van der Waals surface area contributed by atoms with Gasteiger partial charge in [-0.25, -0.2) is 4.98 Å². The van der Waals surface area contributed by atoms with Gasteiger partial charge in [-0.3, -0.25) is 9.36 Å². The topological polar surface area (TPSA) is 46.9 Å². The van der Waals surface area contributed by atoms with Crippen LogP contribution in [0.15, 0.2) is 41.8 Å². The van der Waals surface area contributed by atoms with Crippen molar-refractivity contribution in [2.75, 3.05) is 5.75 Å². The number of carbonyl (C=O) groups excluding carboxylic acids is 1. The van der Waals surface area contributed by atoms with Crippen LogP contribution in [0.4, 0.5) is 0 Å². The molecule has 5 heteroatoms. The van der Waals surface area contributed by atoms with Crippen molar-refractivity contribution in [1.82, 2.24) is 14.9 Å². The van der Waals surface area contributed by atoms with Gasteiger partial charge in [0.15, 0.2) is 5.16 Å². The second kappa shape index (κ2) is 5.71. The van der Waals surface area contributed by atoms with E-state index in [1.165, 1.54) is 17.3 Å².